The first kappa shape index (κ1) is 15.1. The van der Waals surface area contributed by atoms with E-state index in [4.69, 9.17) is 10.5 Å². The second kappa shape index (κ2) is 5.97. The lowest BCUT2D eigenvalue weighted by atomic mass is 10.0. The summed E-state index contributed by atoms with van der Waals surface area (Å²) >= 11 is 4.86. The molecule has 0 aliphatic rings. The molecule has 0 aliphatic carbocycles. The molecule has 1 aromatic heterocycles. The van der Waals surface area contributed by atoms with Crippen LogP contribution < -0.4 is 5.73 Å². The third-order valence-corrected chi connectivity index (χ3v) is 4.96. The third kappa shape index (κ3) is 2.60. The van der Waals surface area contributed by atoms with E-state index in [0.717, 1.165) is 32.5 Å². The first-order valence-corrected chi connectivity index (χ1v) is 7.86. The molecule has 20 heavy (non-hydrogen) atoms. The minimum atomic E-state index is -0.372. The van der Waals surface area contributed by atoms with Crippen molar-refractivity contribution in [1.82, 2.24) is 0 Å². The first-order valence-electron chi connectivity index (χ1n) is 6.25. The van der Waals surface area contributed by atoms with Crippen LogP contribution in [0.3, 0.4) is 0 Å². The summed E-state index contributed by atoms with van der Waals surface area (Å²) in [5.41, 5.74) is 9.92. The van der Waals surface area contributed by atoms with Crippen molar-refractivity contribution in [1.29, 1.82) is 0 Å². The molecule has 1 heterocycles. The van der Waals surface area contributed by atoms with Crippen molar-refractivity contribution in [3.63, 3.8) is 0 Å². The van der Waals surface area contributed by atoms with Crippen molar-refractivity contribution in [2.45, 2.75) is 20.3 Å². The molecule has 0 amide bonds. The minimum Gasteiger partial charge on any atom is -0.465 e. The number of halogens is 1. The van der Waals surface area contributed by atoms with Gasteiger partial charge in [0.1, 0.15) is 4.88 Å². The summed E-state index contributed by atoms with van der Waals surface area (Å²) in [5.74, 6) is -0.372. The summed E-state index contributed by atoms with van der Waals surface area (Å²) in [6, 6.07) is 6.10. The average molecular weight is 354 g/mol. The molecule has 0 aliphatic heterocycles. The standard InChI is InChI=1S/C15H16BrNO2S/c1-4-10-12(17)14(15(18)19-3)20-13(10)11-6-5-9(16)7-8(11)2/h5-7H,4,17H2,1-3H3. The fourth-order valence-electron chi connectivity index (χ4n) is 2.17. The highest BCUT2D eigenvalue weighted by Gasteiger charge is 2.22. The van der Waals surface area contributed by atoms with Crippen molar-refractivity contribution in [3.05, 3.63) is 38.7 Å². The molecule has 1 aromatic carbocycles. The summed E-state index contributed by atoms with van der Waals surface area (Å²) in [7, 11) is 1.37. The van der Waals surface area contributed by atoms with E-state index in [2.05, 4.69) is 22.0 Å². The van der Waals surface area contributed by atoms with Gasteiger partial charge in [0.05, 0.1) is 12.8 Å². The summed E-state index contributed by atoms with van der Waals surface area (Å²) in [6.45, 7) is 4.09. The minimum absolute atomic E-state index is 0.372. The molecule has 3 nitrogen and oxygen atoms in total. The number of aryl methyl sites for hydroxylation is 1. The molecule has 0 unspecified atom stereocenters. The Morgan fingerprint density at radius 3 is 2.70 bits per heavy atom. The highest BCUT2D eigenvalue weighted by atomic mass is 79.9. The van der Waals surface area contributed by atoms with E-state index >= 15 is 0 Å². The number of nitrogens with two attached hydrogens (primary N) is 1. The zero-order chi connectivity index (χ0) is 14.9. The average Bonchev–Trinajstić information content (AvgIpc) is 2.74. The van der Waals surface area contributed by atoms with Gasteiger partial charge in [0.2, 0.25) is 0 Å². The second-order valence-corrected chi connectivity index (χ2v) is 6.39. The van der Waals surface area contributed by atoms with Crippen LogP contribution in [0.5, 0.6) is 0 Å². The molecule has 0 saturated carbocycles. The number of hydrogen-bond acceptors (Lipinski definition) is 4. The second-order valence-electron chi connectivity index (χ2n) is 4.46. The van der Waals surface area contributed by atoms with Gasteiger partial charge in [-0.15, -0.1) is 11.3 Å². The van der Waals surface area contributed by atoms with E-state index in [1.54, 1.807) is 0 Å². The van der Waals surface area contributed by atoms with E-state index in [1.165, 1.54) is 18.4 Å². The molecule has 0 bridgehead atoms. The molecular formula is C15H16BrNO2S. The van der Waals surface area contributed by atoms with Crippen LogP contribution in [0.25, 0.3) is 10.4 Å². The van der Waals surface area contributed by atoms with Gasteiger partial charge in [0, 0.05) is 9.35 Å². The molecule has 106 valence electrons. The van der Waals surface area contributed by atoms with Crippen LogP contribution in [0.2, 0.25) is 0 Å². The highest BCUT2D eigenvalue weighted by molar-refractivity contribution is 9.10. The van der Waals surface area contributed by atoms with Gasteiger partial charge in [-0.05, 0) is 42.2 Å². The maximum atomic E-state index is 11.8. The maximum Gasteiger partial charge on any atom is 0.350 e. The molecule has 2 rings (SSSR count). The first-order chi connectivity index (χ1) is 9.49. The topological polar surface area (TPSA) is 52.3 Å². The van der Waals surface area contributed by atoms with Gasteiger partial charge in [-0.3, -0.25) is 0 Å². The number of methoxy groups -OCH3 is 1. The third-order valence-electron chi connectivity index (χ3n) is 3.21. The normalized spacial score (nSPS) is 10.6. The number of carbonyl (C=O) groups is 1. The molecule has 0 saturated heterocycles. The largest absolute Gasteiger partial charge is 0.465 e. The Bertz CT molecular complexity index is 664. The van der Waals surface area contributed by atoms with Crippen molar-refractivity contribution in [3.8, 4) is 10.4 Å². The Kier molecular flexibility index (Phi) is 4.50. The van der Waals surface area contributed by atoms with E-state index in [1.807, 2.05) is 26.0 Å². The Morgan fingerprint density at radius 1 is 1.45 bits per heavy atom. The number of benzene rings is 1. The Labute approximate surface area is 130 Å². The lowest BCUT2D eigenvalue weighted by Gasteiger charge is -2.07. The van der Waals surface area contributed by atoms with Crippen molar-refractivity contribution >= 4 is 38.9 Å². The quantitative estimate of drug-likeness (QED) is 0.831. The Balaban J connectivity index is 2.64. The molecule has 2 aromatic rings. The van der Waals surface area contributed by atoms with Gasteiger partial charge in [-0.25, -0.2) is 4.79 Å². The van der Waals surface area contributed by atoms with Gasteiger partial charge in [-0.2, -0.15) is 0 Å². The molecule has 0 atom stereocenters. The molecule has 2 N–H and O–H groups in total. The zero-order valence-corrected chi connectivity index (χ0v) is 14.0. The van der Waals surface area contributed by atoms with Crippen LogP contribution in [-0.2, 0) is 11.2 Å². The van der Waals surface area contributed by atoms with Crippen LogP contribution >= 0.6 is 27.3 Å². The van der Waals surface area contributed by atoms with Crippen molar-refractivity contribution in [2.24, 2.45) is 0 Å². The fraction of sp³-hybridized carbons (Fsp3) is 0.267. The van der Waals surface area contributed by atoms with Crippen LogP contribution in [0.1, 0.15) is 27.7 Å². The summed E-state index contributed by atoms with van der Waals surface area (Å²) in [5, 5.41) is 0. The van der Waals surface area contributed by atoms with Gasteiger partial charge in [0.15, 0.2) is 0 Å². The van der Waals surface area contributed by atoms with E-state index < -0.39 is 0 Å². The smallest absolute Gasteiger partial charge is 0.350 e. The van der Waals surface area contributed by atoms with Crippen LogP contribution in [0.4, 0.5) is 5.69 Å². The molecule has 0 radical (unpaired) electrons. The number of thiophene rings is 1. The SMILES string of the molecule is CCc1c(-c2ccc(Br)cc2C)sc(C(=O)OC)c1N. The summed E-state index contributed by atoms with van der Waals surface area (Å²) in [4.78, 5) is 13.3. The van der Waals surface area contributed by atoms with Gasteiger partial charge in [0.25, 0.3) is 0 Å². The van der Waals surface area contributed by atoms with Gasteiger partial charge in [-0.1, -0.05) is 28.9 Å². The van der Waals surface area contributed by atoms with E-state index in [0.29, 0.717) is 10.6 Å². The molecule has 0 fully saturated rings. The van der Waals surface area contributed by atoms with E-state index in [9.17, 15) is 4.79 Å². The van der Waals surface area contributed by atoms with E-state index in [-0.39, 0.29) is 5.97 Å². The predicted molar refractivity (Wildman–Crippen MR) is 87.3 cm³/mol. The monoisotopic (exact) mass is 353 g/mol. The van der Waals surface area contributed by atoms with Crippen LogP contribution in [0, 0.1) is 6.92 Å². The number of hydrogen-bond donors (Lipinski definition) is 1. The predicted octanol–water partition coefficient (Wildman–Crippen LogP) is 4.42. The number of rotatable bonds is 3. The maximum absolute atomic E-state index is 11.8. The molecular weight excluding hydrogens is 338 g/mol. The number of esters is 1. The highest BCUT2D eigenvalue weighted by Crippen LogP contribution is 2.41. The summed E-state index contributed by atoms with van der Waals surface area (Å²) in [6.07, 6.45) is 0.782. The number of anilines is 1. The summed E-state index contributed by atoms with van der Waals surface area (Å²) < 4.78 is 5.84. The zero-order valence-electron chi connectivity index (χ0n) is 11.6. The van der Waals surface area contributed by atoms with Crippen molar-refractivity contribution < 1.29 is 9.53 Å². The number of nitrogen functional groups attached to an aromatic ring is 1. The Morgan fingerprint density at radius 2 is 2.15 bits per heavy atom. The van der Waals surface area contributed by atoms with Crippen molar-refractivity contribution in [2.75, 3.05) is 12.8 Å². The van der Waals surface area contributed by atoms with Gasteiger partial charge >= 0.3 is 5.97 Å². The lowest BCUT2D eigenvalue weighted by molar-refractivity contribution is 0.0607. The Hall–Kier alpha value is -1.33. The van der Waals surface area contributed by atoms with Crippen LogP contribution in [-0.4, -0.2) is 13.1 Å². The molecule has 0 spiro atoms. The van der Waals surface area contributed by atoms with Gasteiger partial charge < -0.3 is 10.5 Å². The van der Waals surface area contributed by atoms with Crippen LogP contribution in [0.15, 0.2) is 22.7 Å². The fourth-order valence-corrected chi connectivity index (χ4v) is 3.97. The number of carbonyl (C=O) groups excluding carboxylic acids is 1. The molecule has 5 heteroatoms. The lowest BCUT2D eigenvalue weighted by Crippen LogP contribution is -2.02. The number of ether oxygens (including phenoxy) is 1.